The number of para-hydroxylation sites is 1. The Bertz CT molecular complexity index is 1330. The number of hydrogen-bond donors (Lipinski definition) is 2. The van der Waals surface area contributed by atoms with Gasteiger partial charge in [-0.05, 0) is 48.5 Å². The van der Waals surface area contributed by atoms with Gasteiger partial charge in [0.25, 0.3) is 17.5 Å². The summed E-state index contributed by atoms with van der Waals surface area (Å²) < 4.78 is 11.1. The first-order valence-corrected chi connectivity index (χ1v) is 10.0. The van der Waals surface area contributed by atoms with Crippen LogP contribution in [0.25, 0.3) is 11.0 Å². The predicted molar refractivity (Wildman–Crippen MR) is 123 cm³/mol. The molecule has 2 N–H and O–H groups in total. The molecule has 0 aliphatic carbocycles. The number of nitrogens with zero attached hydrogens (tertiary/aromatic N) is 1. The van der Waals surface area contributed by atoms with Crippen molar-refractivity contribution in [2.24, 2.45) is 0 Å². The summed E-state index contributed by atoms with van der Waals surface area (Å²) in [5.41, 5.74) is 0.815. The first kappa shape index (κ1) is 21.8. The van der Waals surface area contributed by atoms with E-state index in [-0.39, 0.29) is 23.7 Å². The second kappa shape index (κ2) is 9.41. The Hall–Kier alpha value is -4.37. The third-order valence-corrected chi connectivity index (χ3v) is 4.84. The van der Waals surface area contributed by atoms with Crippen LogP contribution in [0.2, 0.25) is 5.02 Å². The van der Waals surface area contributed by atoms with E-state index >= 15 is 0 Å². The minimum absolute atomic E-state index is 0.106. The van der Waals surface area contributed by atoms with Gasteiger partial charge in [-0.1, -0.05) is 23.7 Å². The Kier molecular flexibility index (Phi) is 6.23. The number of hydrogen-bond acceptors (Lipinski definition) is 6. The molecule has 9 nitrogen and oxygen atoms in total. The fourth-order valence-corrected chi connectivity index (χ4v) is 3.16. The molecule has 4 aromatic rings. The average Bonchev–Trinajstić information content (AvgIpc) is 3.17. The molecule has 4 rings (SSSR count). The minimum Gasteiger partial charge on any atom is -0.484 e. The lowest BCUT2D eigenvalue weighted by Crippen LogP contribution is -2.22. The standard InChI is InChI=1S/C23H16ClN3O6/c24-14-5-11-17(12-6-14)32-13-20(28)26-21-18-3-1-2-4-19(18)33-22(21)23(29)25-15-7-9-16(10-8-15)27(30)31/h1-12H,13H2,(H,25,29)(H,26,28). The molecular weight excluding hydrogens is 450 g/mol. The molecule has 0 bridgehead atoms. The Morgan fingerprint density at radius 2 is 1.67 bits per heavy atom. The van der Waals surface area contributed by atoms with Crippen LogP contribution in [0, 0.1) is 10.1 Å². The van der Waals surface area contributed by atoms with Crippen molar-refractivity contribution in [2.45, 2.75) is 0 Å². The molecular formula is C23H16ClN3O6. The number of furan rings is 1. The molecule has 0 unspecified atom stereocenters. The van der Waals surface area contributed by atoms with Crippen molar-refractivity contribution in [1.82, 2.24) is 0 Å². The topological polar surface area (TPSA) is 124 Å². The van der Waals surface area contributed by atoms with Crippen LogP contribution in [0.4, 0.5) is 17.1 Å². The Morgan fingerprint density at radius 1 is 0.970 bits per heavy atom. The van der Waals surface area contributed by atoms with E-state index in [9.17, 15) is 19.7 Å². The van der Waals surface area contributed by atoms with Gasteiger partial charge in [-0.2, -0.15) is 0 Å². The molecule has 0 atom stereocenters. The smallest absolute Gasteiger partial charge is 0.293 e. The number of nitro groups is 1. The van der Waals surface area contributed by atoms with Crippen LogP contribution in [0.3, 0.4) is 0 Å². The van der Waals surface area contributed by atoms with Gasteiger partial charge in [0.05, 0.1) is 4.92 Å². The Labute approximate surface area is 192 Å². The van der Waals surface area contributed by atoms with Crippen LogP contribution in [0.1, 0.15) is 10.6 Å². The van der Waals surface area contributed by atoms with Crippen LogP contribution in [0.15, 0.2) is 77.2 Å². The Morgan fingerprint density at radius 3 is 2.36 bits per heavy atom. The van der Waals surface area contributed by atoms with Crippen LogP contribution >= 0.6 is 11.6 Å². The van der Waals surface area contributed by atoms with Gasteiger partial charge in [0.15, 0.2) is 6.61 Å². The van der Waals surface area contributed by atoms with E-state index in [0.717, 1.165) is 0 Å². The number of benzene rings is 3. The molecule has 10 heteroatoms. The summed E-state index contributed by atoms with van der Waals surface area (Å²) in [5.74, 6) is -0.785. The van der Waals surface area contributed by atoms with Crippen LogP contribution in [0.5, 0.6) is 5.75 Å². The number of carbonyl (C=O) groups excluding carboxylic acids is 2. The van der Waals surface area contributed by atoms with E-state index in [1.165, 1.54) is 24.3 Å². The summed E-state index contributed by atoms with van der Waals surface area (Å²) in [6.07, 6.45) is 0. The predicted octanol–water partition coefficient (Wildman–Crippen LogP) is 5.26. The van der Waals surface area contributed by atoms with Gasteiger partial charge in [-0.15, -0.1) is 0 Å². The molecule has 0 aliphatic rings. The molecule has 2 amide bonds. The van der Waals surface area contributed by atoms with Gasteiger partial charge in [-0.3, -0.25) is 19.7 Å². The highest BCUT2D eigenvalue weighted by molar-refractivity contribution is 6.30. The molecule has 1 heterocycles. The fraction of sp³-hybridized carbons (Fsp3) is 0.0435. The van der Waals surface area contributed by atoms with E-state index in [1.54, 1.807) is 48.5 Å². The maximum atomic E-state index is 12.9. The molecule has 1 aromatic heterocycles. The monoisotopic (exact) mass is 465 g/mol. The number of anilines is 2. The number of fused-ring (bicyclic) bond motifs is 1. The number of halogens is 1. The lowest BCUT2D eigenvalue weighted by atomic mass is 10.2. The molecule has 33 heavy (non-hydrogen) atoms. The van der Waals surface area contributed by atoms with Crippen LogP contribution in [-0.2, 0) is 4.79 Å². The highest BCUT2D eigenvalue weighted by Gasteiger charge is 2.23. The second-order valence-corrected chi connectivity index (χ2v) is 7.29. The summed E-state index contributed by atoms with van der Waals surface area (Å²) >= 11 is 5.84. The second-order valence-electron chi connectivity index (χ2n) is 6.85. The van der Waals surface area contributed by atoms with Crippen molar-refractivity contribution in [3.63, 3.8) is 0 Å². The van der Waals surface area contributed by atoms with E-state index in [2.05, 4.69) is 10.6 Å². The lowest BCUT2D eigenvalue weighted by molar-refractivity contribution is -0.384. The molecule has 0 saturated heterocycles. The van der Waals surface area contributed by atoms with Crippen molar-refractivity contribution in [2.75, 3.05) is 17.2 Å². The van der Waals surface area contributed by atoms with Gasteiger partial charge in [0.1, 0.15) is 17.0 Å². The van der Waals surface area contributed by atoms with Gasteiger partial charge < -0.3 is 19.8 Å². The molecule has 3 aromatic carbocycles. The lowest BCUT2D eigenvalue weighted by Gasteiger charge is -2.09. The van der Waals surface area contributed by atoms with E-state index < -0.39 is 16.7 Å². The zero-order valence-electron chi connectivity index (χ0n) is 16.9. The maximum Gasteiger partial charge on any atom is 0.293 e. The highest BCUT2D eigenvalue weighted by atomic mass is 35.5. The number of rotatable bonds is 7. The molecule has 0 aliphatic heterocycles. The normalized spacial score (nSPS) is 10.6. The van der Waals surface area contributed by atoms with Crippen molar-refractivity contribution in [1.29, 1.82) is 0 Å². The molecule has 166 valence electrons. The SMILES string of the molecule is O=C(COc1ccc(Cl)cc1)Nc1c(C(=O)Nc2ccc([N+](=O)[O-])cc2)oc2ccccc12. The van der Waals surface area contributed by atoms with Crippen LogP contribution < -0.4 is 15.4 Å². The number of non-ortho nitro benzene ring substituents is 1. The summed E-state index contributed by atoms with van der Waals surface area (Å²) in [4.78, 5) is 35.7. The quantitative estimate of drug-likeness (QED) is 0.283. The number of nitrogens with one attached hydrogen (secondary N) is 2. The molecule has 0 radical (unpaired) electrons. The van der Waals surface area contributed by atoms with Crippen molar-refractivity contribution >= 4 is 51.4 Å². The third kappa shape index (κ3) is 5.10. The Balaban J connectivity index is 1.53. The molecule has 0 fully saturated rings. The largest absolute Gasteiger partial charge is 0.484 e. The summed E-state index contributed by atoms with van der Waals surface area (Å²) in [6.45, 7) is -0.301. The first-order valence-electron chi connectivity index (χ1n) is 9.66. The third-order valence-electron chi connectivity index (χ3n) is 4.59. The van der Waals surface area contributed by atoms with Gasteiger partial charge in [0.2, 0.25) is 5.76 Å². The molecule has 0 saturated carbocycles. The summed E-state index contributed by atoms with van der Waals surface area (Å²) in [7, 11) is 0. The highest BCUT2D eigenvalue weighted by Crippen LogP contribution is 2.31. The molecule has 0 spiro atoms. The number of nitro benzene ring substituents is 1. The zero-order chi connectivity index (χ0) is 23.4. The zero-order valence-corrected chi connectivity index (χ0v) is 17.7. The van der Waals surface area contributed by atoms with Crippen molar-refractivity contribution in [3.05, 3.63) is 93.7 Å². The van der Waals surface area contributed by atoms with E-state index in [0.29, 0.717) is 27.4 Å². The van der Waals surface area contributed by atoms with Crippen molar-refractivity contribution < 1.29 is 23.7 Å². The summed E-state index contributed by atoms with van der Waals surface area (Å²) in [5, 5.41) is 17.2. The van der Waals surface area contributed by atoms with Gasteiger partial charge in [0, 0.05) is 28.2 Å². The number of carbonyl (C=O) groups is 2. The average molecular weight is 466 g/mol. The van der Waals surface area contributed by atoms with E-state index in [1.807, 2.05) is 0 Å². The van der Waals surface area contributed by atoms with Crippen molar-refractivity contribution in [3.8, 4) is 5.75 Å². The van der Waals surface area contributed by atoms with Gasteiger partial charge in [-0.25, -0.2) is 0 Å². The van der Waals surface area contributed by atoms with Gasteiger partial charge >= 0.3 is 0 Å². The fourth-order valence-electron chi connectivity index (χ4n) is 3.04. The maximum absolute atomic E-state index is 12.9. The number of ether oxygens (including phenoxy) is 1. The minimum atomic E-state index is -0.631. The van der Waals surface area contributed by atoms with Crippen LogP contribution in [-0.4, -0.2) is 23.3 Å². The first-order chi connectivity index (χ1) is 15.9. The van der Waals surface area contributed by atoms with E-state index in [4.69, 9.17) is 20.8 Å². The number of amides is 2. The summed E-state index contributed by atoms with van der Waals surface area (Å²) in [6, 6.07) is 18.7.